The SMILES string of the molecule is CC(C)OC(=O)C1CC(C(=O)OC(C)C)C(C(=O)OC(C)C)CC1C(=O)OC(C)C. The molecule has 1 saturated carbocycles. The summed E-state index contributed by atoms with van der Waals surface area (Å²) < 4.78 is 21.3. The van der Waals surface area contributed by atoms with Gasteiger partial charge in [-0.25, -0.2) is 0 Å². The Morgan fingerprint density at radius 2 is 0.633 bits per heavy atom. The molecule has 1 fully saturated rings. The standard InChI is InChI=1S/C22H36O8/c1-11(2)27-19(23)15-9-17(21(25)29-13(5)6)18(22(26)30-14(7)8)10-16(15)20(24)28-12(3)4/h11-18H,9-10H2,1-8H3. The van der Waals surface area contributed by atoms with Crippen molar-refractivity contribution in [1.29, 1.82) is 0 Å². The Morgan fingerprint density at radius 1 is 0.467 bits per heavy atom. The minimum absolute atomic E-state index is 0.0488. The molecular weight excluding hydrogens is 392 g/mol. The van der Waals surface area contributed by atoms with E-state index in [1.807, 2.05) is 0 Å². The van der Waals surface area contributed by atoms with Gasteiger partial charge in [-0.2, -0.15) is 0 Å². The largest absolute Gasteiger partial charge is 0.463 e. The minimum Gasteiger partial charge on any atom is -0.463 e. The van der Waals surface area contributed by atoms with Gasteiger partial charge >= 0.3 is 23.9 Å². The Balaban J connectivity index is 3.29. The van der Waals surface area contributed by atoms with Crippen LogP contribution in [0.15, 0.2) is 0 Å². The second-order valence-corrected chi connectivity index (χ2v) is 8.84. The second kappa shape index (κ2) is 11.3. The van der Waals surface area contributed by atoms with Gasteiger partial charge < -0.3 is 18.9 Å². The first kappa shape index (κ1) is 25.9. The van der Waals surface area contributed by atoms with Crippen molar-refractivity contribution < 1.29 is 38.1 Å². The van der Waals surface area contributed by atoms with Crippen LogP contribution in [0, 0.1) is 23.7 Å². The second-order valence-electron chi connectivity index (χ2n) is 8.84. The van der Waals surface area contributed by atoms with Crippen LogP contribution in [-0.4, -0.2) is 48.3 Å². The fraction of sp³-hybridized carbons (Fsp3) is 0.818. The fourth-order valence-electron chi connectivity index (χ4n) is 3.52. The van der Waals surface area contributed by atoms with Crippen LogP contribution < -0.4 is 0 Å². The van der Waals surface area contributed by atoms with Gasteiger partial charge in [0.05, 0.1) is 48.1 Å². The molecule has 0 aromatic rings. The molecule has 0 amide bonds. The van der Waals surface area contributed by atoms with Crippen molar-refractivity contribution in [3.05, 3.63) is 0 Å². The number of hydrogen-bond donors (Lipinski definition) is 0. The average Bonchev–Trinajstić information content (AvgIpc) is 2.58. The molecule has 8 nitrogen and oxygen atoms in total. The molecule has 0 aromatic carbocycles. The molecule has 0 aromatic heterocycles. The minimum atomic E-state index is -0.911. The molecule has 0 N–H and O–H groups in total. The maximum absolute atomic E-state index is 12.8. The number of esters is 4. The summed E-state index contributed by atoms with van der Waals surface area (Å²) in [6, 6.07) is 0. The third-order valence-corrected chi connectivity index (χ3v) is 4.61. The molecule has 4 atom stereocenters. The molecule has 0 heterocycles. The number of rotatable bonds is 8. The first-order chi connectivity index (χ1) is 13.8. The lowest BCUT2D eigenvalue weighted by atomic mass is 9.68. The summed E-state index contributed by atoms with van der Waals surface area (Å²) in [7, 11) is 0. The zero-order valence-electron chi connectivity index (χ0n) is 19.3. The van der Waals surface area contributed by atoms with Crippen LogP contribution in [-0.2, 0) is 38.1 Å². The molecule has 0 radical (unpaired) electrons. The monoisotopic (exact) mass is 428 g/mol. The van der Waals surface area contributed by atoms with Crippen LogP contribution in [0.1, 0.15) is 68.2 Å². The van der Waals surface area contributed by atoms with Crippen molar-refractivity contribution in [2.75, 3.05) is 0 Å². The lowest BCUT2D eigenvalue weighted by Gasteiger charge is -2.37. The van der Waals surface area contributed by atoms with Gasteiger partial charge in [0.15, 0.2) is 0 Å². The predicted octanol–water partition coefficient (Wildman–Crippen LogP) is 3.05. The molecule has 4 unspecified atom stereocenters. The molecule has 0 saturated heterocycles. The summed E-state index contributed by atoms with van der Waals surface area (Å²) in [4.78, 5) is 51.0. The van der Waals surface area contributed by atoms with Crippen LogP contribution >= 0.6 is 0 Å². The van der Waals surface area contributed by atoms with Crippen LogP contribution in [0.4, 0.5) is 0 Å². The summed E-state index contributed by atoms with van der Waals surface area (Å²) >= 11 is 0. The van der Waals surface area contributed by atoms with Crippen LogP contribution in [0.5, 0.6) is 0 Å². The van der Waals surface area contributed by atoms with E-state index in [1.54, 1.807) is 55.4 Å². The Bertz CT molecular complexity index is 517. The number of ether oxygens (including phenoxy) is 4. The van der Waals surface area contributed by atoms with Crippen LogP contribution in [0.25, 0.3) is 0 Å². The third-order valence-electron chi connectivity index (χ3n) is 4.61. The molecule has 1 aliphatic carbocycles. The maximum Gasteiger partial charge on any atom is 0.310 e. The van der Waals surface area contributed by atoms with Gasteiger partial charge in [0.25, 0.3) is 0 Å². The van der Waals surface area contributed by atoms with Crippen molar-refractivity contribution in [2.45, 2.75) is 92.6 Å². The molecule has 8 heteroatoms. The van der Waals surface area contributed by atoms with Crippen molar-refractivity contribution >= 4 is 23.9 Å². The molecule has 30 heavy (non-hydrogen) atoms. The van der Waals surface area contributed by atoms with Crippen molar-refractivity contribution in [1.82, 2.24) is 0 Å². The smallest absolute Gasteiger partial charge is 0.310 e. The Hall–Kier alpha value is -2.12. The van der Waals surface area contributed by atoms with E-state index in [1.165, 1.54) is 0 Å². The maximum atomic E-state index is 12.8. The molecular formula is C22H36O8. The summed E-state index contributed by atoms with van der Waals surface area (Å²) in [5.74, 6) is -6.00. The van der Waals surface area contributed by atoms with E-state index >= 15 is 0 Å². The summed E-state index contributed by atoms with van der Waals surface area (Å²) in [6.45, 7) is 13.6. The Morgan fingerprint density at radius 3 is 0.767 bits per heavy atom. The average molecular weight is 429 g/mol. The zero-order chi connectivity index (χ0) is 23.2. The first-order valence-corrected chi connectivity index (χ1v) is 10.6. The van der Waals surface area contributed by atoms with Gasteiger partial charge in [0, 0.05) is 0 Å². The number of hydrogen-bond acceptors (Lipinski definition) is 8. The topological polar surface area (TPSA) is 105 Å². The molecule has 0 spiro atoms. The molecule has 1 rings (SSSR count). The van der Waals surface area contributed by atoms with Gasteiger partial charge in [0.1, 0.15) is 0 Å². The highest BCUT2D eigenvalue weighted by molar-refractivity contribution is 5.88. The van der Waals surface area contributed by atoms with E-state index in [2.05, 4.69) is 0 Å². The third kappa shape index (κ3) is 7.61. The summed E-state index contributed by atoms with van der Waals surface area (Å²) in [6.07, 6.45) is -1.64. The molecule has 172 valence electrons. The molecule has 1 aliphatic rings. The number of carbonyl (C=O) groups is 4. The van der Waals surface area contributed by atoms with Gasteiger partial charge in [0.2, 0.25) is 0 Å². The van der Waals surface area contributed by atoms with Crippen molar-refractivity contribution in [2.24, 2.45) is 23.7 Å². The first-order valence-electron chi connectivity index (χ1n) is 10.6. The van der Waals surface area contributed by atoms with Gasteiger partial charge in [-0.3, -0.25) is 19.2 Å². The highest BCUT2D eigenvalue weighted by atomic mass is 16.6. The summed E-state index contributed by atoms with van der Waals surface area (Å²) in [5.41, 5.74) is 0. The van der Waals surface area contributed by atoms with Crippen molar-refractivity contribution in [3.63, 3.8) is 0 Å². The van der Waals surface area contributed by atoms with Gasteiger partial charge in [-0.05, 0) is 68.2 Å². The van der Waals surface area contributed by atoms with Gasteiger partial charge in [-0.1, -0.05) is 0 Å². The van der Waals surface area contributed by atoms with Crippen LogP contribution in [0.3, 0.4) is 0 Å². The Kier molecular flexibility index (Phi) is 9.78. The molecule has 0 bridgehead atoms. The van der Waals surface area contributed by atoms with E-state index in [0.717, 1.165) is 0 Å². The quantitative estimate of drug-likeness (QED) is 0.429. The van der Waals surface area contributed by atoms with E-state index in [4.69, 9.17) is 18.9 Å². The predicted molar refractivity (Wildman–Crippen MR) is 108 cm³/mol. The normalized spacial score (nSPS) is 24.1. The van der Waals surface area contributed by atoms with E-state index in [-0.39, 0.29) is 37.3 Å². The van der Waals surface area contributed by atoms with E-state index < -0.39 is 47.5 Å². The van der Waals surface area contributed by atoms with Crippen LogP contribution in [0.2, 0.25) is 0 Å². The zero-order valence-corrected chi connectivity index (χ0v) is 19.3. The lowest BCUT2D eigenvalue weighted by Crippen LogP contribution is -2.47. The Labute approximate surface area is 178 Å². The van der Waals surface area contributed by atoms with Gasteiger partial charge in [-0.15, -0.1) is 0 Å². The lowest BCUT2D eigenvalue weighted by molar-refractivity contribution is -0.180. The van der Waals surface area contributed by atoms with E-state index in [9.17, 15) is 19.2 Å². The highest BCUT2D eigenvalue weighted by Crippen LogP contribution is 2.41. The number of carbonyl (C=O) groups excluding carboxylic acids is 4. The highest BCUT2D eigenvalue weighted by Gasteiger charge is 2.51. The summed E-state index contributed by atoms with van der Waals surface area (Å²) in [5, 5.41) is 0. The van der Waals surface area contributed by atoms with Crippen molar-refractivity contribution in [3.8, 4) is 0 Å². The molecule has 0 aliphatic heterocycles. The fourth-order valence-corrected chi connectivity index (χ4v) is 3.52. The van der Waals surface area contributed by atoms with E-state index in [0.29, 0.717) is 0 Å².